The van der Waals surface area contributed by atoms with Gasteiger partial charge in [-0.05, 0) is 37.1 Å². The van der Waals surface area contributed by atoms with Crippen molar-refractivity contribution in [2.45, 2.75) is 31.7 Å². The third-order valence-corrected chi connectivity index (χ3v) is 5.91. The van der Waals surface area contributed by atoms with Crippen molar-refractivity contribution in [3.63, 3.8) is 0 Å². The molecule has 5 aromatic rings. The number of fused-ring (bicyclic) bond motifs is 3. The van der Waals surface area contributed by atoms with E-state index in [0.717, 1.165) is 12.8 Å². The van der Waals surface area contributed by atoms with Gasteiger partial charge in [-0.25, -0.2) is 9.37 Å². The van der Waals surface area contributed by atoms with E-state index in [9.17, 15) is 9.18 Å². The number of hydrogen-bond donors (Lipinski definition) is 0. The Morgan fingerprint density at radius 1 is 1.13 bits per heavy atom. The third-order valence-electron chi connectivity index (χ3n) is 5.91. The molecule has 8 nitrogen and oxygen atoms in total. The lowest BCUT2D eigenvalue weighted by molar-refractivity contribution is 0.353. The zero-order valence-electron chi connectivity index (χ0n) is 16.6. The summed E-state index contributed by atoms with van der Waals surface area (Å²) in [7, 11) is 0. The highest BCUT2D eigenvalue weighted by atomic mass is 19.1. The Balaban J connectivity index is 1.63. The molecule has 154 valence electrons. The Morgan fingerprint density at radius 3 is 2.77 bits per heavy atom. The molecule has 31 heavy (non-hydrogen) atoms. The number of nitrogens with zero attached hydrogens (tertiary/aromatic N) is 6. The van der Waals surface area contributed by atoms with Gasteiger partial charge in [-0.3, -0.25) is 18.7 Å². The lowest BCUT2D eigenvalue weighted by atomic mass is 10.1. The van der Waals surface area contributed by atoms with Crippen molar-refractivity contribution < 1.29 is 8.91 Å². The summed E-state index contributed by atoms with van der Waals surface area (Å²) in [6.45, 7) is 2.18. The Morgan fingerprint density at radius 2 is 2.00 bits per heavy atom. The van der Waals surface area contributed by atoms with Crippen LogP contribution in [0, 0.1) is 5.82 Å². The van der Waals surface area contributed by atoms with E-state index < -0.39 is 11.4 Å². The van der Waals surface area contributed by atoms with Gasteiger partial charge in [0.15, 0.2) is 0 Å². The van der Waals surface area contributed by atoms with E-state index in [1.807, 2.05) is 6.07 Å². The van der Waals surface area contributed by atoms with E-state index in [-0.39, 0.29) is 28.8 Å². The largest absolute Gasteiger partial charge is 0.338 e. The minimum atomic E-state index is -0.494. The predicted molar refractivity (Wildman–Crippen MR) is 110 cm³/mol. The van der Waals surface area contributed by atoms with Gasteiger partial charge in [-0.15, -0.1) is 0 Å². The van der Waals surface area contributed by atoms with Crippen molar-refractivity contribution >= 4 is 16.6 Å². The van der Waals surface area contributed by atoms with E-state index in [1.165, 1.54) is 17.0 Å². The van der Waals surface area contributed by atoms with Crippen LogP contribution in [-0.4, -0.2) is 29.1 Å². The van der Waals surface area contributed by atoms with E-state index in [1.54, 1.807) is 34.9 Å². The van der Waals surface area contributed by atoms with Crippen LogP contribution in [0.5, 0.6) is 0 Å². The minimum Gasteiger partial charge on any atom is -0.338 e. The van der Waals surface area contributed by atoms with Crippen LogP contribution in [-0.2, 0) is 12.0 Å². The monoisotopic (exact) mass is 416 g/mol. The molecule has 4 aromatic heterocycles. The minimum absolute atomic E-state index is 0.101. The normalized spacial score (nSPS) is 15.0. The van der Waals surface area contributed by atoms with Crippen molar-refractivity contribution in [3.8, 4) is 11.5 Å². The SMILES string of the molecule is CC1(c2nc(-c3ncn4c3c(=O)n(Cc3ccccn3)c3c(F)cccc34)no2)CC1. The van der Waals surface area contributed by atoms with Crippen LogP contribution in [0.3, 0.4) is 0 Å². The van der Waals surface area contributed by atoms with E-state index in [2.05, 4.69) is 27.0 Å². The molecular weight excluding hydrogens is 399 g/mol. The molecule has 1 fully saturated rings. The lowest BCUT2D eigenvalue weighted by Gasteiger charge is -2.13. The van der Waals surface area contributed by atoms with Crippen molar-refractivity contribution in [2.24, 2.45) is 0 Å². The molecule has 6 rings (SSSR count). The van der Waals surface area contributed by atoms with Crippen LogP contribution in [0.25, 0.3) is 28.1 Å². The summed E-state index contributed by atoms with van der Waals surface area (Å²) in [4.78, 5) is 26.8. The Hall–Kier alpha value is -3.88. The van der Waals surface area contributed by atoms with Gasteiger partial charge in [0.1, 0.15) is 28.9 Å². The number of aromatic nitrogens is 6. The molecule has 4 heterocycles. The first-order valence-corrected chi connectivity index (χ1v) is 9.98. The fourth-order valence-electron chi connectivity index (χ4n) is 3.86. The van der Waals surface area contributed by atoms with Gasteiger partial charge in [0.2, 0.25) is 11.7 Å². The average Bonchev–Trinajstić information content (AvgIpc) is 3.19. The third kappa shape index (κ3) is 2.69. The van der Waals surface area contributed by atoms with Crippen LogP contribution in [0.1, 0.15) is 31.4 Å². The zero-order chi connectivity index (χ0) is 21.2. The molecule has 1 aliphatic carbocycles. The highest BCUT2D eigenvalue weighted by Crippen LogP contribution is 2.47. The molecule has 0 saturated heterocycles. The Labute approximate surface area is 175 Å². The topological polar surface area (TPSA) is 91.1 Å². The number of imidazole rings is 1. The second-order valence-corrected chi connectivity index (χ2v) is 8.12. The maximum atomic E-state index is 14.9. The summed E-state index contributed by atoms with van der Waals surface area (Å²) in [6.07, 6.45) is 5.10. The first kappa shape index (κ1) is 17.9. The Bertz CT molecular complexity index is 1510. The van der Waals surface area contributed by atoms with Gasteiger partial charge in [-0.1, -0.05) is 24.2 Å². The van der Waals surface area contributed by atoms with Crippen LogP contribution in [0.2, 0.25) is 0 Å². The molecule has 0 unspecified atom stereocenters. The molecule has 0 atom stereocenters. The number of para-hydroxylation sites is 1. The molecule has 0 aliphatic heterocycles. The fraction of sp³-hybridized carbons (Fsp3) is 0.227. The molecule has 9 heteroatoms. The zero-order valence-corrected chi connectivity index (χ0v) is 16.6. The van der Waals surface area contributed by atoms with Crippen molar-refractivity contribution in [1.29, 1.82) is 0 Å². The highest BCUT2D eigenvalue weighted by molar-refractivity contribution is 5.84. The van der Waals surface area contributed by atoms with Crippen molar-refractivity contribution in [1.82, 2.24) is 29.1 Å². The predicted octanol–water partition coefficient (Wildman–Crippen LogP) is 3.33. The second-order valence-electron chi connectivity index (χ2n) is 8.12. The molecule has 0 amide bonds. The summed E-state index contributed by atoms with van der Waals surface area (Å²) in [5.74, 6) is 0.304. The summed E-state index contributed by atoms with van der Waals surface area (Å²) in [6, 6.07) is 10.1. The average molecular weight is 416 g/mol. The number of rotatable bonds is 4. The smallest absolute Gasteiger partial charge is 0.278 e. The molecule has 1 aliphatic rings. The van der Waals surface area contributed by atoms with E-state index in [4.69, 9.17) is 4.52 Å². The van der Waals surface area contributed by atoms with Gasteiger partial charge >= 0.3 is 0 Å². The number of halogens is 1. The first-order chi connectivity index (χ1) is 15.0. The maximum absolute atomic E-state index is 14.9. The van der Waals surface area contributed by atoms with Gasteiger partial charge < -0.3 is 4.52 Å². The second kappa shape index (κ2) is 6.31. The standard InChI is InChI=1S/C22H17FN6O2/c1-22(8-9-22)21-26-19(27-31-21)16-18-20(30)28(11-13-5-2-3-10-24-13)17-14(23)6-4-7-15(17)29(18)12-25-16/h2-7,10,12H,8-9,11H2,1H3. The summed E-state index contributed by atoms with van der Waals surface area (Å²) in [5.41, 5.74) is 1.42. The van der Waals surface area contributed by atoms with Gasteiger partial charge in [0.05, 0.1) is 17.8 Å². The van der Waals surface area contributed by atoms with Crippen molar-refractivity contribution in [2.75, 3.05) is 0 Å². The van der Waals surface area contributed by atoms with Crippen LogP contribution in [0.4, 0.5) is 4.39 Å². The summed E-state index contributed by atoms with van der Waals surface area (Å²) < 4.78 is 23.3. The molecule has 0 radical (unpaired) electrons. The number of hydrogen-bond acceptors (Lipinski definition) is 6. The van der Waals surface area contributed by atoms with E-state index >= 15 is 0 Å². The highest BCUT2D eigenvalue weighted by Gasteiger charge is 2.44. The summed E-state index contributed by atoms with van der Waals surface area (Å²) >= 11 is 0. The van der Waals surface area contributed by atoms with Gasteiger partial charge in [0.25, 0.3) is 5.56 Å². The van der Waals surface area contributed by atoms with Crippen molar-refractivity contribution in [3.05, 3.63) is 76.7 Å². The maximum Gasteiger partial charge on any atom is 0.278 e. The molecule has 0 bridgehead atoms. The number of pyridine rings is 1. The molecular formula is C22H17FN6O2. The molecule has 1 aromatic carbocycles. The van der Waals surface area contributed by atoms with Gasteiger partial charge in [-0.2, -0.15) is 4.98 Å². The lowest BCUT2D eigenvalue weighted by Crippen LogP contribution is -2.24. The quantitative estimate of drug-likeness (QED) is 0.446. The molecule has 1 saturated carbocycles. The van der Waals surface area contributed by atoms with Crippen LogP contribution < -0.4 is 5.56 Å². The summed E-state index contributed by atoms with van der Waals surface area (Å²) in [5, 5.41) is 4.07. The molecule has 0 N–H and O–H groups in total. The molecule has 0 spiro atoms. The van der Waals surface area contributed by atoms with E-state index in [0.29, 0.717) is 22.8 Å². The van der Waals surface area contributed by atoms with Crippen LogP contribution in [0.15, 0.2) is 58.2 Å². The van der Waals surface area contributed by atoms with Gasteiger partial charge in [0, 0.05) is 11.6 Å². The number of benzene rings is 1. The Kier molecular flexibility index (Phi) is 3.65. The fourth-order valence-corrected chi connectivity index (χ4v) is 3.86. The first-order valence-electron chi connectivity index (χ1n) is 9.98. The van der Waals surface area contributed by atoms with Crippen LogP contribution >= 0.6 is 0 Å².